The minimum absolute atomic E-state index is 0.593. The highest BCUT2D eigenvalue weighted by Gasteiger charge is 2.21. The summed E-state index contributed by atoms with van der Waals surface area (Å²) in [6.45, 7) is 0. The summed E-state index contributed by atoms with van der Waals surface area (Å²) in [5.74, 6) is 0.593. The van der Waals surface area contributed by atoms with E-state index in [1.807, 2.05) is 36.4 Å². The van der Waals surface area contributed by atoms with Crippen molar-refractivity contribution in [2.45, 2.75) is 0 Å². The van der Waals surface area contributed by atoms with Crippen molar-refractivity contribution in [3.8, 4) is 61.8 Å². The summed E-state index contributed by atoms with van der Waals surface area (Å²) in [5.41, 5.74) is 15.7. The second kappa shape index (κ2) is 14.0. The van der Waals surface area contributed by atoms with Crippen LogP contribution in [0.5, 0.6) is 0 Å². The summed E-state index contributed by atoms with van der Waals surface area (Å²) in [7, 11) is 0. The predicted molar refractivity (Wildman–Crippen MR) is 258 cm³/mol. The van der Waals surface area contributed by atoms with Crippen LogP contribution in [0, 0.1) is 0 Å². The molecule has 5 nitrogen and oxygen atoms in total. The minimum Gasteiger partial charge on any atom is -0.455 e. The highest BCUT2D eigenvalue weighted by atomic mass is 16.3. The van der Waals surface area contributed by atoms with E-state index in [9.17, 15) is 0 Å². The van der Waals surface area contributed by atoms with E-state index in [0.29, 0.717) is 5.95 Å². The smallest absolute Gasteiger partial charge is 0.235 e. The van der Waals surface area contributed by atoms with Gasteiger partial charge in [0.05, 0.1) is 22.4 Å². The van der Waals surface area contributed by atoms with E-state index in [0.717, 1.165) is 122 Å². The van der Waals surface area contributed by atoms with E-state index in [4.69, 9.17) is 18.8 Å². The van der Waals surface area contributed by atoms with Gasteiger partial charge in [0.15, 0.2) is 0 Å². The van der Waals surface area contributed by atoms with Gasteiger partial charge in [-0.05, 0) is 70.8 Å². The van der Waals surface area contributed by atoms with Crippen molar-refractivity contribution in [2.24, 2.45) is 0 Å². The predicted octanol–water partition coefficient (Wildman–Crippen LogP) is 15.7. The van der Waals surface area contributed by atoms with Gasteiger partial charge in [-0.2, -0.15) is 0 Å². The van der Waals surface area contributed by atoms with Crippen molar-refractivity contribution in [2.75, 3.05) is 0 Å². The highest BCUT2D eigenvalue weighted by Crippen LogP contribution is 2.42. The maximum Gasteiger partial charge on any atom is 0.235 e. The molecule has 0 aliphatic carbocycles. The summed E-state index contributed by atoms with van der Waals surface area (Å²) in [6, 6.07) is 74.3. The highest BCUT2D eigenvalue weighted by molar-refractivity contribution is 6.15. The maximum absolute atomic E-state index is 6.57. The fourth-order valence-corrected chi connectivity index (χ4v) is 9.45. The van der Waals surface area contributed by atoms with Gasteiger partial charge < -0.3 is 8.83 Å². The van der Waals surface area contributed by atoms with Crippen molar-refractivity contribution in [1.82, 2.24) is 14.5 Å². The Morgan fingerprint density at radius 2 is 0.762 bits per heavy atom. The number of hydrogen-bond acceptors (Lipinski definition) is 4. The van der Waals surface area contributed by atoms with Gasteiger partial charge in [0.25, 0.3) is 0 Å². The van der Waals surface area contributed by atoms with Crippen LogP contribution in [0.4, 0.5) is 0 Å². The number of para-hydroxylation sites is 4. The van der Waals surface area contributed by atoms with Gasteiger partial charge in [-0.3, -0.25) is 4.57 Å². The lowest BCUT2D eigenvalue weighted by atomic mass is 9.98. The second-order valence-corrected chi connectivity index (χ2v) is 16.1. The van der Waals surface area contributed by atoms with E-state index in [-0.39, 0.29) is 0 Å². The molecule has 0 fully saturated rings. The lowest BCUT2D eigenvalue weighted by Crippen LogP contribution is -2.04. The number of rotatable bonds is 6. The van der Waals surface area contributed by atoms with Crippen LogP contribution in [0.1, 0.15) is 0 Å². The van der Waals surface area contributed by atoms with Crippen molar-refractivity contribution in [3.05, 3.63) is 212 Å². The Bertz CT molecular complexity index is 3740. The van der Waals surface area contributed by atoms with E-state index in [2.05, 4.69) is 180 Å². The van der Waals surface area contributed by atoms with E-state index in [1.165, 1.54) is 0 Å². The Labute approximate surface area is 361 Å². The molecular formula is C58H35N3O2. The van der Waals surface area contributed by atoms with Crippen LogP contribution in [0.3, 0.4) is 0 Å². The average Bonchev–Trinajstić information content (AvgIpc) is 4.04. The normalized spacial score (nSPS) is 11.8. The van der Waals surface area contributed by atoms with Crippen LogP contribution < -0.4 is 0 Å². The number of nitrogens with zero attached hydrogens (tertiary/aromatic N) is 3. The van der Waals surface area contributed by atoms with Crippen molar-refractivity contribution in [3.63, 3.8) is 0 Å². The van der Waals surface area contributed by atoms with Gasteiger partial charge in [0, 0.05) is 54.6 Å². The lowest BCUT2D eigenvalue weighted by Gasteiger charge is -2.13. The quantitative estimate of drug-likeness (QED) is 0.168. The molecule has 63 heavy (non-hydrogen) atoms. The summed E-state index contributed by atoms with van der Waals surface area (Å²) in [6.07, 6.45) is 0. The van der Waals surface area contributed by atoms with Crippen molar-refractivity contribution < 1.29 is 8.83 Å². The summed E-state index contributed by atoms with van der Waals surface area (Å²) >= 11 is 0. The van der Waals surface area contributed by atoms with Crippen molar-refractivity contribution >= 4 is 65.7 Å². The molecular weight excluding hydrogens is 771 g/mol. The Hall–Kier alpha value is -8.54. The topological polar surface area (TPSA) is 57.0 Å². The largest absolute Gasteiger partial charge is 0.455 e. The lowest BCUT2D eigenvalue weighted by molar-refractivity contribution is 0.669. The molecule has 0 unspecified atom stereocenters. The molecule has 0 atom stereocenters. The van der Waals surface area contributed by atoms with Gasteiger partial charge in [0.1, 0.15) is 22.3 Å². The van der Waals surface area contributed by atoms with Crippen LogP contribution >= 0.6 is 0 Å². The molecule has 4 heterocycles. The SMILES string of the molecule is c1ccc(-c2cccc(-c3cc(-c4ccccc4)nc(-n4c5ccc(-c6cccc7c6oc6ccccc67)cc5c5cc(-c6cccc7c6oc6ccccc67)ccc54)n3)c2)cc1. The van der Waals surface area contributed by atoms with Crippen LogP contribution in [0.25, 0.3) is 128 Å². The first-order chi connectivity index (χ1) is 31.2. The molecule has 0 saturated heterocycles. The molecule has 13 rings (SSSR count). The molecule has 5 heteroatoms. The summed E-state index contributed by atoms with van der Waals surface area (Å²) in [5, 5.41) is 6.57. The molecule has 9 aromatic carbocycles. The van der Waals surface area contributed by atoms with E-state index >= 15 is 0 Å². The van der Waals surface area contributed by atoms with Crippen LogP contribution in [-0.2, 0) is 0 Å². The number of benzene rings is 9. The molecule has 0 aliphatic heterocycles. The first-order valence-electron chi connectivity index (χ1n) is 21.2. The fourth-order valence-electron chi connectivity index (χ4n) is 9.45. The Morgan fingerprint density at radius 3 is 1.35 bits per heavy atom. The second-order valence-electron chi connectivity index (χ2n) is 16.1. The summed E-state index contributed by atoms with van der Waals surface area (Å²) in [4.78, 5) is 10.8. The first-order valence-corrected chi connectivity index (χ1v) is 21.2. The fraction of sp³-hybridized carbons (Fsp3) is 0. The number of hydrogen-bond donors (Lipinski definition) is 0. The number of fused-ring (bicyclic) bond motifs is 9. The molecule has 0 bridgehead atoms. The van der Waals surface area contributed by atoms with E-state index in [1.54, 1.807) is 0 Å². The molecule has 0 saturated carbocycles. The Kier molecular flexibility index (Phi) is 7.84. The van der Waals surface area contributed by atoms with Gasteiger partial charge in [-0.15, -0.1) is 0 Å². The summed E-state index contributed by atoms with van der Waals surface area (Å²) < 4.78 is 15.4. The zero-order valence-electron chi connectivity index (χ0n) is 33.9. The van der Waals surface area contributed by atoms with Gasteiger partial charge >= 0.3 is 0 Å². The van der Waals surface area contributed by atoms with Crippen LogP contribution in [-0.4, -0.2) is 14.5 Å². The average molecular weight is 806 g/mol. The Balaban J connectivity index is 1.07. The van der Waals surface area contributed by atoms with Gasteiger partial charge in [-0.25, -0.2) is 9.97 Å². The van der Waals surface area contributed by atoms with Gasteiger partial charge in [-0.1, -0.05) is 164 Å². The zero-order valence-corrected chi connectivity index (χ0v) is 33.9. The minimum atomic E-state index is 0.593. The third-order valence-electron chi connectivity index (χ3n) is 12.4. The molecule has 0 aliphatic rings. The number of furan rings is 2. The molecule has 0 amide bonds. The Morgan fingerprint density at radius 1 is 0.302 bits per heavy atom. The van der Waals surface area contributed by atoms with E-state index < -0.39 is 0 Å². The first kappa shape index (κ1) is 35.2. The third kappa shape index (κ3) is 5.71. The maximum atomic E-state index is 6.57. The van der Waals surface area contributed by atoms with Gasteiger partial charge in [0.2, 0.25) is 5.95 Å². The molecule has 0 spiro atoms. The molecule has 0 radical (unpaired) electrons. The van der Waals surface area contributed by atoms with Crippen LogP contribution in [0.15, 0.2) is 221 Å². The molecule has 13 aromatic rings. The third-order valence-corrected chi connectivity index (χ3v) is 12.4. The number of aromatic nitrogens is 3. The zero-order chi connectivity index (χ0) is 41.4. The standard InChI is InChI=1S/C58H35N3O2/c1-3-14-36(15-4-1)38-18-11-19-41(32-38)51-35-50(37-16-5-2-6-17-37)59-58(60-51)61-52-30-28-39(42-22-12-24-46-44-20-7-9-26-54(44)62-56(42)46)33-48(52)49-34-40(29-31-53(49)61)43-23-13-25-47-45-21-8-10-27-55(45)63-57(43)47/h1-35H. The molecule has 4 aromatic heterocycles. The monoisotopic (exact) mass is 805 g/mol. The molecule has 0 N–H and O–H groups in total. The molecule has 294 valence electrons. The van der Waals surface area contributed by atoms with Crippen molar-refractivity contribution in [1.29, 1.82) is 0 Å². The van der Waals surface area contributed by atoms with Crippen LogP contribution in [0.2, 0.25) is 0 Å².